The van der Waals surface area contributed by atoms with Gasteiger partial charge in [0.1, 0.15) is 5.75 Å². The molecule has 1 atom stereocenters. The van der Waals surface area contributed by atoms with E-state index in [0.29, 0.717) is 17.7 Å². The van der Waals surface area contributed by atoms with Crippen molar-refractivity contribution in [3.63, 3.8) is 0 Å². The Kier molecular flexibility index (Phi) is 7.21. The highest BCUT2D eigenvalue weighted by Crippen LogP contribution is 2.51. The zero-order valence-corrected chi connectivity index (χ0v) is 17.1. The van der Waals surface area contributed by atoms with Gasteiger partial charge in [-0.3, -0.25) is 9.53 Å². The van der Waals surface area contributed by atoms with Crippen LogP contribution in [-0.2, 0) is 4.74 Å². The number of halogens is 12. The number of carbonyl (C=O) groups excluding carboxylic acids is 1. The molecular formula is C19H10ClF11O3. The molecule has 0 N–H and O–H groups in total. The summed E-state index contributed by atoms with van der Waals surface area (Å²) in [5.41, 5.74) is -0.860. The third-order valence-electron chi connectivity index (χ3n) is 4.28. The summed E-state index contributed by atoms with van der Waals surface area (Å²) in [6, 6.07) is 6.92. The van der Waals surface area contributed by atoms with Crippen LogP contribution in [0.4, 0.5) is 48.3 Å². The van der Waals surface area contributed by atoms with Gasteiger partial charge in [-0.05, 0) is 23.3 Å². The van der Waals surface area contributed by atoms with Gasteiger partial charge in [-0.15, -0.1) is 0 Å². The fourth-order valence-electron chi connectivity index (χ4n) is 2.48. The summed E-state index contributed by atoms with van der Waals surface area (Å²) in [7, 11) is 1.31. The predicted molar refractivity (Wildman–Crippen MR) is 94.7 cm³/mol. The van der Waals surface area contributed by atoms with E-state index in [2.05, 4.69) is 4.74 Å². The maximum atomic E-state index is 14.4. The third-order valence-corrected chi connectivity index (χ3v) is 4.57. The van der Waals surface area contributed by atoms with Crippen molar-refractivity contribution in [1.29, 1.82) is 0 Å². The van der Waals surface area contributed by atoms with Crippen LogP contribution < -0.4 is 4.74 Å². The van der Waals surface area contributed by atoms with Gasteiger partial charge < -0.3 is 4.74 Å². The van der Waals surface area contributed by atoms with Gasteiger partial charge in [-0.25, -0.2) is 0 Å². The number of carbonyl (C=O) groups is 1. The third kappa shape index (κ3) is 4.92. The second-order valence-corrected chi connectivity index (χ2v) is 6.95. The Hall–Kier alpha value is -2.61. The maximum absolute atomic E-state index is 14.4. The molecule has 0 heterocycles. The van der Waals surface area contributed by atoms with E-state index in [-0.39, 0.29) is 16.3 Å². The van der Waals surface area contributed by atoms with Crippen LogP contribution in [0.1, 0.15) is 10.4 Å². The zero-order valence-electron chi connectivity index (χ0n) is 16.3. The molecule has 34 heavy (non-hydrogen) atoms. The van der Waals surface area contributed by atoms with Crippen molar-refractivity contribution in [2.24, 2.45) is 0 Å². The number of Topliss-reactive ketones (excluding diaryl/α,β-unsaturated/α-hetero) is 1. The monoisotopic (exact) mass is 530 g/mol. The summed E-state index contributed by atoms with van der Waals surface area (Å²) in [6.07, 6.45) is -21.0. The van der Waals surface area contributed by atoms with Crippen LogP contribution in [0.5, 0.6) is 5.75 Å². The molecule has 0 amide bonds. The van der Waals surface area contributed by atoms with E-state index in [4.69, 9.17) is 16.3 Å². The minimum atomic E-state index is -7.26. The molecular weight excluding hydrogens is 521 g/mol. The minimum Gasteiger partial charge on any atom is -0.495 e. The second kappa shape index (κ2) is 8.87. The fourth-order valence-corrected chi connectivity index (χ4v) is 2.74. The maximum Gasteiger partial charge on any atom is 0.462 e. The SMILES string of the molecule is COc1ccc(-c2ccc(C(=O)C(F)(OC(F)(F)C(F)(F)C(F)(F)F)C(F)(F)F)cc2)cc1Cl. The highest BCUT2D eigenvalue weighted by atomic mass is 35.5. The van der Waals surface area contributed by atoms with E-state index < -0.39 is 41.6 Å². The van der Waals surface area contributed by atoms with E-state index in [1.54, 1.807) is 0 Å². The standard InChI is InChI=1S/C19H10ClF11O3/c1-33-13-7-6-11(8-12(13)20)9-2-4-10(5-3-9)14(32)15(21,17(24,25)26)34-19(30,31)16(22,23)18(27,28)29/h2-8H,1H3. The van der Waals surface area contributed by atoms with Crippen molar-refractivity contribution in [3.8, 4) is 16.9 Å². The Morgan fingerprint density at radius 2 is 1.26 bits per heavy atom. The number of hydrogen-bond donors (Lipinski definition) is 0. The molecule has 2 aromatic carbocycles. The molecule has 0 radical (unpaired) electrons. The number of ketones is 1. The lowest BCUT2D eigenvalue weighted by Gasteiger charge is -2.34. The molecule has 188 valence electrons. The van der Waals surface area contributed by atoms with Crippen molar-refractivity contribution in [2.45, 2.75) is 30.2 Å². The first-order valence-corrected chi connectivity index (χ1v) is 8.93. The van der Waals surface area contributed by atoms with Gasteiger partial charge >= 0.3 is 30.2 Å². The molecule has 3 nitrogen and oxygen atoms in total. The Labute approximate surface area is 188 Å². The molecule has 0 saturated carbocycles. The molecule has 1 unspecified atom stereocenters. The van der Waals surface area contributed by atoms with Gasteiger partial charge in [0.2, 0.25) is 5.78 Å². The van der Waals surface area contributed by atoms with Crippen molar-refractivity contribution in [1.82, 2.24) is 0 Å². The normalized spacial score (nSPS) is 15.1. The molecule has 0 aromatic heterocycles. The van der Waals surface area contributed by atoms with Crippen LogP contribution in [0.15, 0.2) is 42.5 Å². The summed E-state index contributed by atoms with van der Waals surface area (Å²) in [5, 5.41) is 0.0984. The molecule has 2 rings (SSSR count). The Morgan fingerprint density at radius 1 is 0.765 bits per heavy atom. The largest absolute Gasteiger partial charge is 0.495 e. The molecule has 0 aliphatic carbocycles. The van der Waals surface area contributed by atoms with E-state index in [1.165, 1.54) is 25.3 Å². The Morgan fingerprint density at radius 3 is 1.68 bits per heavy atom. The van der Waals surface area contributed by atoms with Crippen LogP contribution in [0.3, 0.4) is 0 Å². The zero-order chi connectivity index (χ0) is 26.3. The molecule has 0 saturated heterocycles. The smallest absolute Gasteiger partial charge is 0.462 e. The van der Waals surface area contributed by atoms with Gasteiger partial charge in [0, 0.05) is 5.56 Å². The number of rotatable bonds is 7. The van der Waals surface area contributed by atoms with Crippen molar-refractivity contribution < 1.29 is 62.6 Å². The second-order valence-electron chi connectivity index (χ2n) is 6.54. The van der Waals surface area contributed by atoms with Crippen LogP contribution in [0.2, 0.25) is 5.02 Å². The molecule has 0 aliphatic rings. The lowest BCUT2D eigenvalue weighted by Crippen LogP contribution is -2.61. The van der Waals surface area contributed by atoms with Gasteiger partial charge in [-0.2, -0.15) is 48.3 Å². The van der Waals surface area contributed by atoms with Crippen molar-refractivity contribution >= 4 is 17.4 Å². The van der Waals surface area contributed by atoms with Crippen LogP contribution in [0, 0.1) is 0 Å². The number of alkyl halides is 11. The average molecular weight is 531 g/mol. The molecule has 15 heteroatoms. The number of ether oxygens (including phenoxy) is 2. The first-order valence-electron chi connectivity index (χ1n) is 8.55. The predicted octanol–water partition coefficient (Wildman–Crippen LogP) is 7.23. The Balaban J connectivity index is 2.45. The van der Waals surface area contributed by atoms with E-state index in [9.17, 15) is 53.1 Å². The topological polar surface area (TPSA) is 35.5 Å². The van der Waals surface area contributed by atoms with Gasteiger partial charge in [-0.1, -0.05) is 41.9 Å². The fraction of sp³-hybridized carbons (Fsp3) is 0.316. The quantitative estimate of drug-likeness (QED) is 0.280. The summed E-state index contributed by atoms with van der Waals surface area (Å²) in [6.45, 7) is 0. The molecule has 0 fully saturated rings. The molecule has 0 bridgehead atoms. The average Bonchev–Trinajstić information content (AvgIpc) is 2.71. The van der Waals surface area contributed by atoms with Gasteiger partial charge in [0.25, 0.3) is 0 Å². The lowest BCUT2D eigenvalue weighted by molar-refractivity contribution is -0.470. The van der Waals surface area contributed by atoms with Gasteiger partial charge in [0.15, 0.2) is 0 Å². The summed E-state index contributed by atoms with van der Waals surface area (Å²) in [5.74, 6) is -16.3. The highest BCUT2D eigenvalue weighted by molar-refractivity contribution is 6.32. The van der Waals surface area contributed by atoms with E-state index in [1.807, 2.05) is 0 Å². The van der Waals surface area contributed by atoms with Crippen molar-refractivity contribution in [2.75, 3.05) is 7.11 Å². The first-order chi connectivity index (χ1) is 15.3. The first kappa shape index (κ1) is 27.6. The van der Waals surface area contributed by atoms with Crippen LogP contribution in [-0.4, -0.2) is 43.1 Å². The summed E-state index contributed by atoms with van der Waals surface area (Å²) < 4.78 is 150. The minimum absolute atomic E-state index is 0.0984. The number of methoxy groups -OCH3 is 1. The van der Waals surface area contributed by atoms with Crippen LogP contribution in [0.25, 0.3) is 11.1 Å². The van der Waals surface area contributed by atoms with Crippen LogP contribution >= 0.6 is 11.6 Å². The van der Waals surface area contributed by atoms with Gasteiger partial charge in [0.05, 0.1) is 12.1 Å². The van der Waals surface area contributed by atoms with Crippen molar-refractivity contribution in [3.05, 3.63) is 53.1 Å². The molecule has 0 spiro atoms. The Bertz CT molecular complexity index is 1050. The van der Waals surface area contributed by atoms with E-state index >= 15 is 0 Å². The lowest BCUT2D eigenvalue weighted by atomic mass is 9.99. The molecule has 2 aromatic rings. The number of hydrogen-bond acceptors (Lipinski definition) is 3. The highest BCUT2D eigenvalue weighted by Gasteiger charge is 2.79. The summed E-state index contributed by atoms with van der Waals surface area (Å²) in [4.78, 5) is 12.0. The van der Waals surface area contributed by atoms with E-state index in [0.717, 1.165) is 12.1 Å². The molecule has 0 aliphatic heterocycles. The number of benzene rings is 2. The summed E-state index contributed by atoms with van der Waals surface area (Å²) >= 11 is 5.92.